The van der Waals surface area contributed by atoms with Gasteiger partial charge in [-0.2, -0.15) is 0 Å². The summed E-state index contributed by atoms with van der Waals surface area (Å²) in [6.07, 6.45) is 7.28. The molecule has 22 heavy (non-hydrogen) atoms. The second kappa shape index (κ2) is 13.0. The van der Waals surface area contributed by atoms with Gasteiger partial charge in [0.2, 0.25) is 11.8 Å². The van der Waals surface area contributed by atoms with Crippen LogP contribution >= 0.6 is 0 Å². The van der Waals surface area contributed by atoms with Crippen LogP contribution in [0.2, 0.25) is 0 Å². The van der Waals surface area contributed by atoms with Crippen LogP contribution < -0.4 is 21.7 Å². The molecule has 0 aliphatic carbocycles. The van der Waals surface area contributed by atoms with Gasteiger partial charge in [-0.1, -0.05) is 39.2 Å². The second-order valence-electron chi connectivity index (χ2n) is 5.49. The number of unbranched alkanes of at least 4 members (excludes halogenated alkanes) is 4. The van der Waals surface area contributed by atoms with Crippen molar-refractivity contribution >= 4 is 11.8 Å². The van der Waals surface area contributed by atoms with Crippen molar-refractivity contribution in [3.63, 3.8) is 0 Å². The zero-order chi connectivity index (χ0) is 16.8. The molecule has 0 saturated heterocycles. The molecule has 0 aromatic carbocycles. The molecular weight excluding hydrogens is 280 g/mol. The van der Waals surface area contributed by atoms with E-state index in [2.05, 4.69) is 29.5 Å². The maximum absolute atomic E-state index is 11.9. The van der Waals surface area contributed by atoms with Gasteiger partial charge in [0.1, 0.15) is 6.04 Å². The number of nitrogens with two attached hydrogens (primary N) is 1. The zero-order valence-electron chi connectivity index (χ0n) is 14.0. The average Bonchev–Trinajstić information content (AvgIpc) is 2.49. The number of amides is 2. The molecule has 6 heteroatoms. The maximum Gasteiger partial charge on any atom is 0.242 e. The molecule has 0 radical (unpaired) electrons. The van der Waals surface area contributed by atoms with Crippen molar-refractivity contribution in [1.29, 1.82) is 0 Å². The number of rotatable bonds is 13. The summed E-state index contributed by atoms with van der Waals surface area (Å²) in [4.78, 5) is 23.7. The molecule has 0 aliphatic rings. The van der Waals surface area contributed by atoms with Crippen LogP contribution in [0.4, 0.5) is 0 Å². The Morgan fingerprint density at radius 3 is 2.41 bits per heavy atom. The molecule has 0 bridgehead atoms. The number of carbonyl (C=O) groups is 2. The third-order valence-electron chi connectivity index (χ3n) is 3.43. The first-order valence-electron chi connectivity index (χ1n) is 8.20. The van der Waals surface area contributed by atoms with Crippen molar-refractivity contribution in [1.82, 2.24) is 16.0 Å². The molecule has 1 atom stereocenters. The second-order valence-corrected chi connectivity index (χ2v) is 5.49. The van der Waals surface area contributed by atoms with Crippen LogP contribution in [0, 0.1) is 0 Å². The molecule has 0 fully saturated rings. The molecule has 0 aliphatic heterocycles. The van der Waals surface area contributed by atoms with Crippen LogP contribution in [0.25, 0.3) is 0 Å². The minimum Gasteiger partial charge on any atom is -0.386 e. The SMILES string of the molecule is C=C(N)NCCCC(NC(=O)CCCCCCC)C(=O)NC. The molecule has 0 spiro atoms. The maximum atomic E-state index is 11.9. The van der Waals surface area contributed by atoms with Crippen LogP contribution in [0.1, 0.15) is 58.3 Å². The lowest BCUT2D eigenvalue weighted by Gasteiger charge is -2.17. The average molecular weight is 312 g/mol. The highest BCUT2D eigenvalue weighted by molar-refractivity contribution is 5.87. The Hall–Kier alpha value is -1.72. The quantitative estimate of drug-likeness (QED) is 0.386. The summed E-state index contributed by atoms with van der Waals surface area (Å²) in [5.74, 6) is 0.194. The normalized spacial score (nSPS) is 11.5. The van der Waals surface area contributed by atoms with Gasteiger partial charge in [-0.3, -0.25) is 9.59 Å². The minimum absolute atomic E-state index is 0.0544. The summed E-state index contributed by atoms with van der Waals surface area (Å²) in [6, 6.07) is -0.485. The lowest BCUT2D eigenvalue weighted by molar-refractivity contribution is -0.129. The fraction of sp³-hybridized carbons (Fsp3) is 0.750. The Balaban J connectivity index is 4.03. The summed E-state index contributed by atoms with van der Waals surface area (Å²) >= 11 is 0. The molecular formula is C16H32N4O2. The molecule has 1 unspecified atom stereocenters. The molecule has 0 aromatic rings. The first kappa shape index (κ1) is 20.3. The minimum atomic E-state index is -0.485. The number of hydrogen-bond acceptors (Lipinski definition) is 4. The molecule has 2 amide bonds. The molecule has 128 valence electrons. The van der Waals surface area contributed by atoms with Gasteiger partial charge >= 0.3 is 0 Å². The largest absolute Gasteiger partial charge is 0.386 e. The molecule has 0 heterocycles. The van der Waals surface area contributed by atoms with Gasteiger partial charge in [0.15, 0.2) is 0 Å². The van der Waals surface area contributed by atoms with Crippen molar-refractivity contribution in [2.45, 2.75) is 64.3 Å². The Morgan fingerprint density at radius 2 is 1.82 bits per heavy atom. The van der Waals surface area contributed by atoms with E-state index in [1.807, 2.05) is 0 Å². The van der Waals surface area contributed by atoms with Gasteiger partial charge in [0.05, 0.1) is 5.82 Å². The highest BCUT2D eigenvalue weighted by atomic mass is 16.2. The van der Waals surface area contributed by atoms with E-state index in [4.69, 9.17) is 5.73 Å². The van der Waals surface area contributed by atoms with Crippen LogP contribution in [-0.4, -0.2) is 31.4 Å². The van der Waals surface area contributed by atoms with E-state index >= 15 is 0 Å². The number of carbonyl (C=O) groups excluding carboxylic acids is 2. The van der Waals surface area contributed by atoms with Crippen LogP contribution in [-0.2, 0) is 9.59 Å². The Kier molecular flexibility index (Phi) is 12.0. The van der Waals surface area contributed by atoms with E-state index in [-0.39, 0.29) is 11.8 Å². The van der Waals surface area contributed by atoms with Crippen molar-refractivity contribution in [2.24, 2.45) is 5.73 Å². The Labute approximate surface area is 134 Å². The smallest absolute Gasteiger partial charge is 0.242 e. The third kappa shape index (κ3) is 11.0. The number of hydrogen-bond donors (Lipinski definition) is 4. The first-order valence-corrected chi connectivity index (χ1v) is 8.20. The van der Waals surface area contributed by atoms with Gasteiger partial charge in [0.25, 0.3) is 0 Å². The Bertz CT molecular complexity index is 345. The summed E-state index contributed by atoms with van der Waals surface area (Å²) in [6.45, 7) is 6.34. The lowest BCUT2D eigenvalue weighted by atomic mass is 10.1. The zero-order valence-corrected chi connectivity index (χ0v) is 14.0. The van der Waals surface area contributed by atoms with Crippen molar-refractivity contribution in [3.8, 4) is 0 Å². The predicted octanol–water partition coefficient (Wildman–Crippen LogP) is 1.38. The highest BCUT2D eigenvalue weighted by Gasteiger charge is 2.18. The first-order chi connectivity index (χ1) is 10.5. The molecule has 5 N–H and O–H groups in total. The molecule has 0 rings (SSSR count). The van der Waals surface area contributed by atoms with E-state index in [9.17, 15) is 9.59 Å². The topological polar surface area (TPSA) is 96.2 Å². The third-order valence-corrected chi connectivity index (χ3v) is 3.43. The fourth-order valence-electron chi connectivity index (χ4n) is 2.15. The highest BCUT2D eigenvalue weighted by Crippen LogP contribution is 2.05. The van der Waals surface area contributed by atoms with Crippen LogP contribution in [0.3, 0.4) is 0 Å². The van der Waals surface area contributed by atoms with E-state index in [0.717, 1.165) is 25.7 Å². The molecule has 6 nitrogen and oxygen atoms in total. The summed E-state index contributed by atoms with van der Waals surface area (Å²) in [5.41, 5.74) is 5.41. The number of likely N-dealkylation sites (N-methyl/N-ethyl adjacent to an activating group) is 1. The molecule has 0 aromatic heterocycles. The predicted molar refractivity (Wildman–Crippen MR) is 89.9 cm³/mol. The number of nitrogens with one attached hydrogen (secondary N) is 3. The van der Waals surface area contributed by atoms with Gasteiger partial charge in [-0.15, -0.1) is 0 Å². The van der Waals surface area contributed by atoms with Gasteiger partial charge < -0.3 is 21.7 Å². The summed E-state index contributed by atoms with van der Waals surface area (Å²) < 4.78 is 0. The van der Waals surface area contributed by atoms with Crippen molar-refractivity contribution in [3.05, 3.63) is 12.4 Å². The fourth-order valence-corrected chi connectivity index (χ4v) is 2.15. The van der Waals surface area contributed by atoms with Crippen LogP contribution in [0.5, 0.6) is 0 Å². The van der Waals surface area contributed by atoms with Gasteiger partial charge in [-0.05, 0) is 19.3 Å². The van der Waals surface area contributed by atoms with Crippen molar-refractivity contribution in [2.75, 3.05) is 13.6 Å². The van der Waals surface area contributed by atoms with E-state index in [0.29, 0.717) is 25.2 Å². The summed E-state index contributed by atoms with van der Waals surface area (Å²) in [5, 5.41) is 8.31. The van der Waals surface area contributed by atoms with E-state index < -0.39 is 6.04 Å². The van der Waals surface area contributed by atoms with Gasteiger partial charge in [-0.25, -0.2) is 0 Å². The monoisotopic (exact) mass is 312 g/mol. The van der Waals surface area contributed by atoms with E-state index in [1.54, 1.807) is 7.05 Å². The Morgan fingerprint density at radius 1 is 1.14 bits per heavy atom. The van der Waals surface area contributed by atoms with Crippen LogP contribution in [0.15, 0.2) is 12.4 Å². The van der Waals surface area contributed by atoms with Crippen molar-refractivity contribution < 1.29 is 9.59 Å². The molecule has 0 saturated carbocycles. The summed E-state index contributed by atoms with van der Waals surface area (Å²) in [7, 11) is 1.58. The van der Waals surface area contributed by atoms with Gasteiger partial charge in [0, 0.05) is 20.0 Å². The van der Waals surface area contributed by atoms with E-state index in [1.165, 1.54) is 12.8 Å². The lowest BCUT2D eigenvalue weighted by Crippen LogP contribution is -2.45. The standard InChI is InChI=1S/C16H32N4O2/c1-4-5-6-7-8-11-15(21)20-14(16(22)18-3)10-9-12-19-13(2)17/h14,19H,2,4-12,17H2,1,3H3,(H,18,22)(H,20,21).